The summed E-state index contributed by atoms with van der Waals surface area (Å²) in [7, 11) is 0. The first kappa shape index (κ1) is 14.7. The molecular formula is C17H22N2O. The van der Waals surface area contributed by atoms with E-state index in [0.717, 1.165) is 24.0 Å². The highest BCUT2D eigenvalue weighted by atomic mass is 16.3. The minimum absolute atomic E-state index is 0.463. The van der Waals surface area contributed by atoms with Crippen molar-refractivity contribution in [2.45, 2.75) is 45.6 Å². The summed E-state index contributed by atoms with van der Waals surface area (Å²) >= 11 is 0. The van der Waals surface area contributed by atoms with Crippen LogP contribution in [0.2, 0.25) is 0 Å². The zero-order valence-electron chi connectivity index (χ0n) is 12.2. The van der Waals surface area contributed by atoms with E-state index in [9.17, 15) is 5.11 Å². The Morgan fingerprint density at radius 1 is 1.10 bits per heavy atom. The molecular weight excluding hydrogens is 248 g/mol. The van der Waals surface area contributed by atoms with Crippen LogP contribution in [0.5, 0.6) is 0 Å². The van der Waals surface area contributed by atoms with Gasteiger partial charge in [0, 0.05) is 18.0 Å². The summed E-state index contributed by atoms with van der Waals surface area (Å²) in [4.78, 5) is 8.91. The normalized spacial score (nSPS) is 12.3. The zero-order chi connectivity index (χ0) is 14.4. The Labute approximate surface area is 120 Å². The van der Waals surface area contributed by atoms with Crippen molar-refractivity contribution in [2.24, 2.45) is 0 Å². The van der Waals surface area contributed by atoms with Crippen LogP contribution in [0.15, 0.2) is 36.7 Å². The third kappa shape index (κ3) is 3.42. The predicted octanol–water partition coefficient (Wildman–Crippen LogP) is 3.93. The van der Waals surface area contributed by atoms with Gasteiger partial charge in [0.25, 0.3) is 0 Å². The topological polar surface area (TPSA) is 46.0 Å². The van der Waals surface area contributed by atoms with E-state index in [2.05, 4.69) is 16.9 Å². The third-order valence-corrected chi connectivity index (χ3v) is 3.47. The van der Waals surface area contributed by atoms with Gasteiger partial charge in [-0.1, -0.05) is 44.5 Å². The minimum Gasteiger partial charge on any atom is -0.388 e. The van der Waals surface area contributed by atoms with Gasteiger partial charge in [-0.15, -0.1) is 0 Å². The molecule has 1 atom stereocenters. The number of nitrogens with zero attached hydrogens (tertiary/aromatic N) is 2. The van der Waals surface area contributed by atoms with E-state index in [1.807, 2.05) is 43.6 Å². The second-order valence-corrected chi connectivity index (χ2v) is 5.03. The van der Waals surface area contributed by atoms with Crippen LogP contribution >= 0.6 is 0 Å². The summed E-state index contributed by atoms with van der Waals surface area (Å²) in [6.45, 7) is 4.15. The molecule has 1 aromatic heterocycles. The van der Waals surface area contributed by atoms with E-state index in [4.69, 9.17) is 0 Å². The summed E-state index contributed by atoms with van der Waals surface area (Å²) in [5.41, 5.74) is 2.99. The van der Waals surface area contributed by atoms with Gasteiger partial charge in [0.05, 0.1) is 6.10 Å². The number of unbranched alkanes of at least 4 members (excludes halogenated alkanes) is 1. The molecule has 3 heteroatoms. The van der Waals surface area contributed by atoms with Crippen molar-refractivity contribution in [3.63, 3.8) is 0 Å². The number of hydrogen-bond acceptors (Lipinski definition) is 3. The number of benzene rings is 1. The summed E-state index contributed by atoms with van der Waals surface area (Å²) in [5, 5.41) is 10.1. The van der Waals surface area contributed by atoms with Gasteiger partial charge >= 0.3 is 0 Å². The van der Waals surface area contributed by atoms with Crippen molar-refractivity contribution in [1.82, 2.24) is 9.97 Å². The maximum atomic E-state index is 10.1. The number of aromatic nitrogens is 2. The predicted molar refractivity (Wildman–Crippen MR) is 81.3 cm³/mol. The van der Waals surface area contributed by atoms with Gasteiger partial charge in [-0.25, -0.2) is 9.97 Å². The Morgan fingerprint density at radius 3 is 2.45 bits per heavy atom. The summed E-state index contributed by atoms with van der Waals surface area (Å²) in [6, 6.07) is 7.80. The maximum Gasteiger partial charge on any atom is 0.159 e. The molecule has 3 nitrogen and oxygen atoms in total. The van der Waals surface area contributed by atoms with Crippen LogP contribution in [-0.4, -0.2) is 15.1 Å². The van der Waals surface area contributed by atoms with Gasteiger partial charge in [-0.3, -0.25) is 0 Å². The van der Waals surface area contributed by atoms with Crippen LogP contribution in [0.3, 0.4) is 0 Å². The second-order valence-electron chi connectivity index (χ2n) is 5.03. The molecule has 0 fully saturated rings. The molecule has 20 heavy (non-hydrogen) atoms. The molecule has 1 unspecified atom stereocenters. The first-order valence-corrected chi connectivity index (χ1v) is 7.34. The number of hydrogen-bond donors (Lipinski definition) is 1. The van der Waals surface area contributed by atoms with E-state index in [1.54, 1.807) is 0 Å². The highest BCUT2D eigenvalue weighted by molar-refractivity contribution is 5.60. The highest BCUT2D eigenvalue weighted by Crippen LogP contribution is 2.27. The van der Waals surface area contributed by atoms with E-state index < -0.39 is 6.10 Å². The fourth-order valence-corrected chi connectivity index (χ4v) is 2.21. The molecule has 0 bridgehead atoms. The van der Waals surface area contributed by atoms with Gasteiger partial charge in [0.2, 0.25) is 0 Å². The molecule has 0 amide bonds. The zero-order valence-corrected chi connectivity index (χ0v) is 12.2. The number of aliphatic hydroxyl groups excluding tert-OH is 1. The summed E-state index contributed by atoms with van der Waals surface area (Å²) in [6.07, 6.45) is 7.37. The van der Waals surface area contributed by atoms with E-state index >= 15 is 0 Å². The Bertz CT molecular complexity index is 537. The lowest BCUT2D eigenvalue weighted by atomic mass is 10.00. The van der Waals surface area contributed by atoms with Crippen molar-refractivity contribution < 1.29 is 5.11 Å². The molecule has 0 radical (unpaired) electrons. The fraction of sp³-hybridized carbons (Fsp3) is 0.412. The lowest BCUT2D eigenvalue weighted by molar-refractivity contribution is 0.174. The molecule has 0 aliphatic rings. The quantitative estimate of drug-likeness (QED) is 0.865. The van der Waals surface area contributed by atoms with Gasteiger partial charge in [-0.05, 0) is 30.4 Å². The second kappa shape index (κ2) is 7.15. The SMILES string of the molecule is CCCCc1cnc(-c2ccccc2C(O)CC)nc1. The van der Waals surface area contributed by atoms with Gasteiger partial charge < -0.3 is 5.11 Å². The average molecular weight is 270 g/mol. The molecule has 0 spiro atoms. The van der Waals surface area contributed by atoms with Crippen LogP contribution in [-0.2, 0) is 6.42 Å². The largest absolute Gasteiger partial charge is 0.388 e. The maximum absolute atomic E-state index is 10.1. The molecule has 1 N–H and O–H groups in total. The highest BCUT2D eigenvalue weighted by Gasteiger charge is 2.13. The molecule has 1 aromatic carbocycles. The number of aryl methyl sites for hydroxylation is 1. The molecule has 2 aromatic rings. The fourth-order valence-electron chi connectivity index (χ4n) is 2.21. The number of aliphatic hydroxyl groups is 1. The van der Waals surface area contributed by atoms with Crippen LogP contribution < -0.4 is 0 Å². The van der Waals surface area contributed by atoms with E-state index in [1.165, 1.54) is 12.0 Å². The van der Waals surface area contributed by atoms with Gasteiger partial charge in [0.15, 0.2) is 5.82 Å². The Hall–Kier alpha value is -1.74. The molecule has 0 aliphatic heterocycles. The summed E-state index contributed by atoms with van der Waals surface area (Å²) < 4.78 is 0. The van der Waals surface area contributed by atoms with Crippen molar-refractivity contribution in [3.05, 3.63) is 47.8 Å². The van der Waals surface area contributed by atoms with Gasteiger partial charge in [0.1, 0.15) is 0 Å². The Morgan fingerprint density at radius 2 is 1.80 bits per heavy atom. The molecule has 1 heterocycles. The van der Waals surface area contributed by atoms with Crippen molar-refractivity contribution >= 4 is 0 Å². The van der Waals surface area contributed by atoms with E-state index in [-0.39, 0.29) is 0 Å². The van der Waals surface area contributed by atoms with Crippen molar-refractivity contribution in [3.8, 4) is 11.4 Å². The average Bonchev–Trinajstić information content (AvgIpc) is 2.52. The van der Waals surface area contributed by atoms with Crippen molar-refractivity contribution in [1.29, 1.82) is 0 Å². The van der Waals surface area contributed by atoms with Crippen LogP contribution in [0.25, 0.3) is 11.4 Å². The van der Waals surface area contributed by atoms with E-state index in [0.29, 0.717) is 12.2 Å². The minimum atomic E-state index is -0.463. The Balaban J connectivity index is 2.27. The molecule has 106 valence electrons. The lowest BCUT2D eigenvalue weighted by Gasteiger charge is -2.13. The Kier molecular flexibility index (Phi) is 5.24. The first-order valence-electron chi connectivity index (χ1n) is 7.34. The molecule has 0 aliphatic carbocycles. The van der Waals surface area contributed by atoms with Crippen molar-refractivity contribution in [2.75, 3.05) is 0 Å². The standard InChI is InChI=1S/C17H22N2O/c1-3-5-8-13-11-18-17(19-12-13)15-10-7-6-9-14(15)16(20)4-2/h6-7,9-12,16,20H,3-5,8H2,1-2H3. The van der Waals surface area contributed by atoms with Gasteiger partial charge in [-0.2, -0.15) is 0 Å². The van der Waals surface area contributed by atoms with Crippen LogP contribution in [0.1, 0.15) is 50.3 Å². The molecule has 0 saturated carbocycles. The molecule has 2 rings (SSSR count). The molecule has 0 saturated heterocycles. The first-order chi connectivity index (χ1) is 9.76. The third-order valence-electron chi connectivity index (χ3n) is 3.47. The lowest BCUT2D eigenvalue weighted by Crippen LogP contribution is -2.01. The van der Waals surface area contributed by atoms with Crippen LogP contribution in [0.4, 0.5) is 0 Å². The van der Waals surface area contributed by atoms with Crippen LogP contribution in [0, 0.1) is 0 Å². The monoisotopic (exact) mass is 270 g/mol. The summed E-state index contributed by atoms with van der Waals surface area (Å²) in [5.74, 6) is 0.688. The smallest absolute Gasteiger partial charge is 0.159 e. The number of rotatable bonds is 6.